The second-order valence-corrected chi connectivity index (χ2v) is 5.64. The lowest BCUT2D eigenvalue weighted by atomic mass is 10.1. The van der Waals surface area contributed by atoms with Crippen LogP contribution in [-0.2, 0) is 0 Å². The van der Waals surface area contributed by atoms with E-state index in [-0.39, 0.29) is 0 Å². The van der Waals surface area contributed by atoms with Crippen LogP contribution in [0.3, 0.4) is 0 Å². The second-order valence-electron chi connectivity index (χ2n) is 5.64. The maximum atomic E-state index is 3.67. The molecule has 1 saturated heterocycles. The lowest BCUT2D eigenvalue weighted by molar-refractivity contribution is 0.261. The third kappa shape index (κ3) is 3.16. The van der Waals surface area contributed by atoms with E-state index >= 15 is 0 Å². The van der Waals surface area contributed by atoms with Crippen molar-refractivity contribution >= 4 is 11.4 Å². The summed E-state index contributed by atoms with van der Waals surface area (Å²) in [5.74, 6) is 0. The number of likely N-dealkylation sites (N-methyl/N-ethyl adjacent to an activating group) is 1. The zero-order valence-corrected chi connectivity index (χ0v) is 12.0. The second kappa shape index (κ2) is 5.61. The summed E-state index contributed by atoms with van der Waals surface area (Å²) >= 11 is 0. The number of hydrogen-bond acceptors (Lipinski definition) is 3. The van der Waals surface area contributed by atoms with Crippen LogP contribution in [0.2, 0.25) is 0 Å². The molecular formula is C15H25N3. The van der Waals surface area contributed by atoms with E-state index < -0.39 is 0 Å². The number of anilines is 2. The fourth-order valence-electron chi connectivity index (χ4n) is 2.70. The zero-order valence-electron chi connectivity index (χ0n) is 12.0. The molecule has 18 heavy (non-hydrogen) atoms. The lowest BCUT2D eigenvalue weighted by Crippen LogP contribution is -2.39. The molecule has 1 fully saturated rings. The van der Waals surface area contributed by atoms with Crippen LogP contribution in [0.5, 0.6) is 0 Å². The van der Waals surface area contributed by atoms with Gasteiger partial charge in [0.15, 0.2) is 0 Å². The topological polar surface area (TPSA) is 18.5 Å². The van der Waals surface area contributed by atoms with Crippen molar-refractivity contribution in [3.63, 3.8) is 0 Å². The van der Waals surface area contributed by atoms with Crippen LogP contribution in [0.4, 0.5) is 11.4 Å². The molecule has 0 bridgehead atoms. The Balaban J connectivity index is 2.07. The average Bonchev–Trinajstić information content (AvgIpc) is 2.31. The van der Waals surface area contributed by atoms with Gasteiger partial charge in [-0.1, -0.05) is 6.07 Å². The van der Waals surface area contributed by atoms with E-state index in [1.165, 1.54) is 36.3 Å². The smallest absolute Gasteiger partial charge is 0.0411 e. The largest absolute Gasteiger partial charge is 0.381 e. The van der Waals surface area contributed by atoms with Crippen LogP contribution in [0.1, 0.15) is 18.4 Å². The van der Waals surface area contributed by atoms with Crippen molar-refractivity contribution in [1.82, 2.24) is 4.90 Å². The molecule has 1 N–H and O–H groups in total. The molecule has 1 atom stereocenters. The summed E-state index contributed by atoms with van der Waals surface area (Å²) in [5, 5.41) is 3.67. The number of nitrogens with one attached hydrogen (secondary N) is 1. The Morgan fingerprint density at radius 1 is 1.33 bits per heavy atom. The molecule has 1 unspecified atom stereocenters. The molecule has 0 spiro atoms. The molecule has 1 aromatic carbocycles. The number of likely N-dealkylation sites (tertiary alicyclic amines) is 1. The molecule has 1 aliphatic rings. The lowest BCUT2D eigenvalue weighted by Gasteiger charge is -2.31. The fraction of sp³-hybridized carbons (Fsp3) is 0.600. The first-order chi connectivity index (χ1) is 8.56. The molecule has 0 amide bonds. The normalized spacial score (nSPS) is 20.8. The third-order valence-electron chi connectivity index (χ3n) is 3.69. The van der Waals surface area contributed by atoms with Gasteiger partial charge in [0.2, 0.25) is 0 Å². The molecule has 3 heteroatoms. The molecular weight excluding hydrogens is 222 g/mol. The van der Waals surface area contributed by atoms with Crippen molar-refractivity contribution in [1.29, 1.82) is 0 Å². The highest BCUT2D eigenvalue weighted by Crippen LogP contribution is 2.24. The van der Waals surface area contributed by atoms with Crippen LogP contribution in [0, 0.1) is 6.92 Å². The number of aryl methyl sites for hydroxylation is 1. The van der Waals surface area contributed by atoms with Gasteiger partial charge in [-0.25, -0.2) is 0 Å². The summed E-state index contributed by atoms with van der Waals surface area (Å²) in [6, 6.07) is 7.23. The van der Waals surface area contributed by atoms with Gasteiger partial charge >= 0.3 is 0 Å². The van der Waals surface area contributed by atoms with Crippen LogP contribution >= 0.6 is 0 Å². The van der Waals surface area contributed by atoms with Crippen LogP contribution < -0.4 is 10.2 Å². The van der Waals surface area contributed by atoms with Crippen molar-refractivity contribution in [2.24, 2.45) is 0 Å². The van der Waals surface area contributed by atoms with Crippen molar-refractivity contribution in [2.45, 2.75) is 25.8 Å². The minimum Gasteiger partial charge on any atom is -0.381 e. The van der Waals surface area contributed by atoms with Gasteiger partial charge in [0, 0.05) is 38.1 Å². The van der Waals surface area contributed by atoms with Gasteiger partial charge in [-0.15, -0.1) is 0 Å². The van der Waals surface area contributed by atoms with Crippen molar-refractivity contribution in [3.05, 3.63) is 23.8 Å². The van der Waals surface area contributed by atoms with Gasteiger partial charge in [0.1, 0.15) is 0 Å². The Hall–Kier alpha value is -1.22. The van der Waals surface area contributed by atoms with Gasteiger partial charge < -0.3 is 15.1 Å². The van der Waals surface area contributed by atoms with E-state index in [1.807, 2.05) is 0 Å². The Kier molecular flexibility index (Phi) is 4.12. The highest BCUT2D eigenvalue weighted by molar-refractivity contribution is 5.62. The molecule has 0 radical (unpaired) electrons. The quantitative estimate of drug-likeness (QED) is 0.885. The molecule has 0 saturated carbocycles. The molecule has 1 heterocycles. The van der Waals surface area contributed by atoms with E-state index in [4.69, 9.17) is 0 Å². The molecule has 2 rings (SSSR count). The summed E-state index contributed by atoms with van der Waals surface area (Å²) in [7, 11) is 6.40. The zero-order chi connectivity index (χ0) is 13.1. The van der Waals surface area contributed by atoms with Crippen molar-refractivity contribution in [3.8, 4) is 0 Å². The molecule has 0 aliphatic carbocycles. The number of piperidine rings is 1. The first-order valence-electron chi connectivity index (χ1n) is 6.79. The molecule has 1 aliphatic heterocycles. The van der Waals surface area contributed by atoms with Gasteiger partial charge in [0.05, 0.1) is 0 Å². The number of rotatable bonds is 3. The van der Waals surface area contributed by atoms with Crippen LogP contribution in [0.15, 0.2) is 18.2 Å². The average molecular weight is 247 g/mol. The number of nitrogens with zero attached hydrogens (tertiary/aromatic N) is 2. The van der Waals surface area contributed by atoms with E-state index in [0.29, 0.717) is 6.04 Å². The summed E-state index contributed by atoms with van der Waals surface area (Å²) < 4.78 is 0. The predicted molar refractivity (Wildman–Crippen MR) is 79.6 cm³/mol. The maximum absolute atomic E-state index is 3.67. The van der Waals surface area contributed by atoms with E-state index in [9.17, 15) is 0 Å². The Labute approximate surface area is 111 Å². The molecule has 0 aromatic heterocycles. The van der Waals surface area contributed by atoms with E-state index in [1.54, 1.807) is 0 Å². The number of benzene rings is 1. The number of hydrogen-bond donors (Lipinski definition) is 1. The van der Waals surface area contributed by atoms with Crippen molar-refractivity contribution < 1.29 is 0 Å². The first kappa shape index (κ1) is 13.2. The van der Waals surface area contributed by atoms with Crippen LogP contribution in [0.25, 0.3) is 0 Å². The predicted octanol–water partition coefficient (Wildman–Crippen LogP) is 2.57. The first-order valence-corrected chi connectivity index (χ1v) is 6.79. The third-order valence-corrected chi connectivity index (χ3v) is 3.69. The molecule has 100 valence electrons. The van der Waals surface area contributed by atoms with E-state index in [0.717, 1.165) is 6.54 Å². The summed E-state index contributed by atoms with van der Waals surface area (Å²) in [6.07, 6.45) is 2.57. The minimum absolute atomic E-state index is 0.585. The van der Waals surface area contributed by atoms with Gasteiger partial charge in [0.25, 0.3) is 0 Å². The summed E-state index contributed by atoms with van der Waals surface area (Å²) in [5.41, 5.74) is 3.86. The van der Waals surface area contributed by atoms with E-state index in [2.05, 4.69) is 61.4 Å². The molecule has 3 nitrogen and oxygen atoms in total. The Morgan fingerprint density at radius 3 is 2.78 bits per heavy atom. The highest BCUT2D eigenvalue weighted by atomic mass is 15.1. The minimum atomic E-state index is 0.585. The SMILES string of the molecule is Cc1ccc(NC2CCCN(C)C2)cc1N(C)C. The van der Waals surface area contributed by atoms with Gasteiger partial charge in [-0.05, 0) is 51.1 Å². The van der Waals surface area contributed by atoms with Crippen LogP contribution in [-0.4, -0.2) is 45.2 Å². The Bertz CT molecular complexity index is 401. The monoisotopic (exact) mass is 247 g/mol. The molecule has 1 aromatic rings. The Morgan fingerprint density at radius 2 is 2.11 bits per heavy atom. The summed E-state index contributed by atoms with van der Waals surface area (Å²) in [6.45, 7) is 4.54. The highest BCUT2D eigenvalue weighted by Gasteiger charge is 2.16. The maximum Gasteiger partial charge on any atom is 0.0411 e. The summed E-state index contributed by atoms with van der Waals surface area (Å²) in [4.78, 5) is 4.58. The van der Waals surface area contributed by atoms with Gasteiger partial charge in [-0.2, -0.15) is 0 Å². The van der Waals surface area contributed by atoms with Crippen molar-refractivity contribution in [2.75, 3.05) is 44.4 Å². The standard InChI is InChI=1S/C15H25N3/c1-12-7-8-13(10-15(12)17(2)3)16-14-6-5-9-18(4)11-14/h7-8,10,14,16H,5-6,9,11H2,1-4H3. The fourth-order valence-corrected chi connectivity index (χ4v) is 2.70. The van der Waals surface area contributed by atoms with Gasteiger partial charge in [-0.3, -0.25) is 0 Å².